The van der Waals surface area contributed by atoms with E-state index in [1.54, 1.807) is 6.92 Å². The molecule has 0 spiro atoms. The lowest BCUT2D eigenvalue weighted by Gasteiger charge is -2.33. The van der Waals surface area contributed by atoms with Gasteiger partial charge in [0.2, 0.25) is 11.8 Å². The van der Waals surface area contributed by atoms with Crippen LogP contribution < -0.4 is 5.32 Å². The van der Waals surface area contributed by atoms with Crippen LogP contribution in [0.4, 0.5) is 5.69 Å². The molecule has 1 aromatic carbocycles. The summed E-state index contributed by atoms with van der Waals surface area (Å²) in [5.41, 5.74) is 0.817. The highest BCUT2D eigenvalue weighted by Crippen LogP contribution is 2.11. The first-order chi connectivity index (χ1) is 9.54. The van der Waals surface area contributed by atoms with E-state index < -0.39 is 0 Å². The molecule has 1 aromatic rings. The summed E-state index contributed by atoms with van der Waals surface area (Å²) >= 11 is 2.23. The Kier molecular flexibility index (Phi) is 5.36. The van der Waals surface area contributed by atoms with Gasteiger partial charge in [0, 0.05) is 42.4 Å². The quantitative estimate of drug-likeness (QED) is 0.798. The molecule has 0 radical (unpaired) electrons. The average molecular weight is 387 g/mol. The van der Waals surface area contributed by atoms with Crippen LogP contribution >= 0.6 is 22.6 Å². The van der Waals surface area contributed by atoms with Gasteiger partial charge in [-0.25, -0.2) is 0 Å². The van der Waals surface area contributed by atoms with Crippen molar-refractivity contribution in [1.82, 2.24) is 9.80 Å². The molecular weight excluding hydrogens is 369 g/mol. The van der Waals surface area contributed by atoms with Crippen molar-refractivity contribution < 1.29 is 9.59 Å². The van der Waals surface area contributed by atoms with Crippen LogP contribution in [0.5, 0.6) is 0 Å². The number of hydrogen-bond donors (Lipinski definition) is 1. The van der Waals surface area contributed by atoms with Gasteiger partial charge in [0.1, 0.15) is 0 Å². The predicted molar refractivity (Wildman–Crippen MR) is 86.5 cm³/mol. The fraction of sp³-hybridized carbons (Fsp3) is 0.429. The molecule has 0 atom stereocenters. The maximum Gasteiger partial charge on any atom is 0.238 e. The lowest BCUT2D eigenvalue weighted by molar-refractivity contribution is -0.130. The highest BCUT2D eigenvalue weighted by atomic mass is 127. The maximum absolute atomic E-state index is 11.9. The molecule has 1 aliphatic heterocycles. The third kappa shape index (κ3) is 4.45. The number of hydrogen-bond acceptors (Lipinski definition) is 3. The van der Waals surface area contributed by atoms with E-state index in [1.807, 2.05) is 29.2 Å². The van der Waals surface area contributed by atoms with Gasteiger partial charge >= 0.3 is 0 Å². The van der Waals surface area contributed by atoms with Gasteiger partial charge in [0.05, 0.1) is 6.54 Å². The van der Waals surface area contributed by atoms with Crippen LogP contribution in [0, 0.1) is 3.57 Å². The van der Waals surface area contributed by atoms with Crippen molar-refractivity contribution >= 4 is 40.1 Å². The summed E-state index contributed by atoms with van der Waals surface area (Å²) in [4.78, 5) is 27.1. The zero-order chi connectivity index (χ0) is 14.5. The van der Waals surface area contributed by atoms with Crippen molar-refractivity contribution in [1.29, 1.82) is 0 Å². The van der Waals surface area contributed by atoms with Gasteiger partial charge in [-0.15, -0.1) is 0 Å². The van der Waals surface area contributed by atoms with E-state index >= 15 is 0 Å². The first-order valence-electron chi connectivity index (χ1n) is 6.58. The van der Waals surface area contributed by atoms with Gasteiger partial charge in [-0.05, 0) is 46.9 Å². The summed E-state index contributed by atoms with van der Waals surface area (Å²) in [5, 5.41) is 2.89. The van der Waals surface area contributed by atoms with E-state index in [4.69, 9.17) is 0 Å². The minimum absolute atomic E-state index is 0.0116. The first-order valence-corrected chi connectivity index (χ1v) is 7.66. The molecule has 20 heavy (non-hydrogen) atoms. The second-order valence-electron chi connectivity index (χ2n) is 4.84. The molecule has 1 aliphatic rings. The molecule has 1 heterocycles. The Bertz CT molecular complexity index is 482. The molecule has 108 valence electrons. The molecular formula is C14H18IN3O2. The van der Waals surface area contributed by atoms with Crippen LogP contribution in [0.3, 0.4) is 0 Å². The van der Waals surface area contributed by atoms with Crippen molar-refractivity contribution in [2.24, 2.45) is 0 Å². The molecule has 0 unspecified atom stereocenters. The summed E-state index contributed by atoms with van der Waals surface area (Å²) in [6, 6.07) is 7.71. The van der Waals surface area contributed by atoms with Crippen molar-refractivity contribution in [2.75, 3.05) is 38.0 Å². The van der Waals surface area contributed by atoms with Crippen LogP contribution in [0.15, 0.2) is 24.3 Å². The average Bonchev–Trinajstić information content (AvgIpc) is 2.42. The highest BCUT2D eigenvalue weighted by Gasteiger charge is 2.20. The van der Waals surface area contributed by atoms with E-state index in [0.29, 0.717) is 19.6 Å². The number of anilines is 1. The standard InChI is InChI=1S/C14H18IN3O2/c1-11(19)18-8-6-17(7-9-18)10-14(20)16-13-4-2-12(15)3-5-13/h2-5H,6-10H2,1H3,(H,16,20). The van der Waals surface area contributed by atoms with E-state index in [-0.39, 0.29) is 11.8 Å². The highest BCUT2D eigenvalue weighted by molar-refractivity contribution is 14.1. The Morgan fingerprint density at radius 3 is 2.30 bits per heavy atom. The first kappa shape index (κ1) is 15.2. The number of carbonyl (C=O) groups excluding carboxylic acids is 2. The molecule has 1 saturated heterocycles. The summed E-state index contributed by atoms with van der Waals surface area (Å²) in [7, 11) is 0. The molecule has 0 saturated carbocycles. The summed E-state index contributed by atoms with van der Waals surface area (Å²) < 4.78 is 1.14. The van der Waals surface area contributed by atoms with Crippen LogP contribution in [0.2, 0.25) is 0 Å². The number of carbonyl (C=O) groups is 2. The Morgan fingerprint density at radius 1 is 1.15 bits per heavy atom. The van der Waals surface area contributed by atoms with Gasteiger partial charge in [-0.1, -0.05) is 0 Å². The Balaban J connectivity index is 1.78. The molecule has 2 amide bonds. The Hall–Kier alpha value is -1.15. The number of halogens is 1. The number of benzene rings is 1. The summed E-state index contributed by atoms with van der Waals surface area (Å²) in [5.74, 6) is 0.0930. The van der Waals surface area contributed by atoms with Gasteiger partial charge in [-0.3, -0.25) is 14.5 Å². The second kappa shape index (κ2) is 7.03. The van der Waals surface area contributed by atoms with E-state index in [9.17, 15) is 9.59 Å². The van der Waals surface area contributed by atoms with Crippen LogP contribution in [-0.2, 0) is 9.59 Å². The zero-order valence-electron chi connectivity index (χ0n) is 11.4. The zero-order valence-corrected chi connectivity index (χ0v) is 13.6. The predicted octanol–water partition coefficient (Wildman–Crippen LogP) is 1.39. The monoisotopic (exact) mass is 387 g/mol. The second-order valence-corrected chi connectivity index (χ2v) is 6.08. The van der Waals surface area contributed by atoms with Gasteiger partial charge in [0.15, 0.2) is 0 Å². The van der Waals surface area contributed by atoms with Crippen molar-refractivity contribution in [3.63, 3.8) is 0 Å². The molecule has 0 aromatic heterocycles. The largest absolute Gasteiger partial charge is 0.340 e. The molecule has 5 nitrogen and oxygen atoms in total. The summed E-state index contributed by atoms with van der Waals surface area (Å²) in [6.07, 6.45) is 0. The Labute approximate surface area is 132 Å². The normalized spacial score (nSPS) is 16.0. The van der Waals surface area contributed by atoms with Gasteiger partial charge < -0.3 is 10.2 Å². The van der Waals surface area contributed by atoms with E-state index in [0.717, 1.165) is 22.3 Å². The van der Waals surface area contributed by atoms with Crippen LogP contribution in [-0.4, -0.2) is 54.3 Å². The number of piperazine rings is 1. The van der Waals surface area contributed by atoms with Crippen LogP contribution in [0.25, 0.3) is 0 Å². The fourth-order valence-corrected chi connectivity index (χ4v) is 2.52. The molecule has 0 aliphatic carbocycles. The molecule has 1 N–H and O–H groups in total. The smallest absolute Gasteiger partial charge is 0.238 e. The number of nitrogens with one attached hydrogen (secondary N) is 1. The van der Waals surface area contributed by atoms with Crippen LogP contribution in [0.1, 0.15) is 6.92 Å². The molecule has 1 fully saturated rings. The number of amides is 2. The van der Waals surface area contributed by atoms with E-state index in [1.165, 1.54) is 0 Å². The minimum atomic E-state index is -0.0116. The van der Waals surface area contributed by atoms with Crippen molar-refractivity contribution in [2.45, 2.75) is 6.92 Å². The number of nitrogens with zero attached hydrogens (tertiary/aromatic N) is 2. The summed E-state index contributed by atoms with van der Waals surface area (Å²) in [6.45, 7) is 4.86. The fourth-order valence-electron chi connectivity index (χ4n) is 2.16. The molecule has 2 rings (SSSR count). The SMILES string of the molecule is CC(=O)N1CCN(CC(=O)Nc2ccc(I)cc2)CC1. The van der Waals surface area contributed by atoms with Crippen molar-refractivity contribution in [3.8, 4) is 0 Å². The Morgan fingerprint density at radius 2 is 1.75 bits per heavy atom. The lowest BCUT2D eigenvalue weighted by atomic mass is 10.3. The third-order valence-electron chi connectivity index (χ3n) is 3.31. The maximum atomic E-state index is 11.9. The van der Waals surface area contributed by atoms with E-state index in [2.05, 4.69) is 32.8 Å². The topological polar surface area (TPSA) is 52.7 Å². The van der Waals surface area contributed by atoms with Gasteiger partial charge in [-0.2, -0.15) is 0 Å². The lowest BCUT2D eigenvalue weighted by Crippen LogP contribution is -2.49. The third-order valence-corrected chi connectivity index (χ3v) is 4.03. The molecule has 6 heteroatoms. The van der Waals surface area contributed by atoms with Gasteiger partial charge in [0.25, 0.3) is 0 Å². The molecule has 0 bridgehead atoms. The minimum Gasteiger partial charge on any atom is -0.340 e. The van der Waals surface area contributed by atoms with Crippen molar-refractivity contribution in [3.05, 3.63) is 27.8 Å². The number of rotatable bonds is 3.